The van der Waals surface area contributed by atoms with Crippen LogP contribution in [0.3, 0.4) is 0 Å². The van der Waals surface area contributed by atoms with E-state index in [0.29, 0.717) is 18.8 Å². The molecule has 1 aromatic heterocycles. The Kier molecular flexibility index (Phi) is 3.52. The summed E-state index contributed by atoms with van der Waals surface area (Å²) < 4.78 is 6.42. The molecule has 0 saturated carbocycles. The molecule has 1 aromatic carbocycles. The molecule has 88 valence electrons. The fourth-order valence-corrected chi connectivity index (χ4v) is 1.52. The second-order valence-corrected chi connectivity index (χ2v) is 3.52. The number of aromatic nitrogens is 2. The summed E-state index contributed by atoms with van der Waals surface area (Å²) >= 11 is 0. The van der Waals surface area contributed by atoms with Gasteiger partial charge in [0.05, 0.1) is 6.54 Å². The van der Waals surface area contributed by atoms with E-state index in [1.807, 2.05) is 30.3 Å². The van der Waals surface area contributed by atoms with Gasteiger partial charge in [-0.25, -0.2) is 4.79 Å². The molecule has 0 saturated heterocycles. The van der Waals surface area contributed by atoms with Gasteiger partial charge in [0.25, 0.3) is 0 Å². The Balaban J connectivity index is 2.29. The molecular weight excluding hydrogens is 218 g/mol. The van der Waals surface area contributed by atoms with E-state index in [1.165, 1.54) is 0 Å². The zero-order valence-corrected chi connectivity index (χ0v) is 9.35. The monoisotopic (exact) mass is 232 g/mol. The predicted octanol–water partition coefficient (Wildman–Crippen LogP) is 0.520. The van der Waals surface area contributed by atoms with Crippen LogP contribution in [0.4, 0.5) is 0 Å². The number of benzene rings is 1. The van der Waals surface area contributed by atoms with Gasteiger partial charge in [0.2, 0.25) is 5.69 Å². The van der Waals surface area contributed by atoms with Crippen molar-refractivity contribution in [1.82, 2.24) is 10.6 Å². The summed E-state index contributed by atoms with van der Waals surface area (Å²) in [6, 6.07) is 9.49. The van der Waals surface area contributed by atoms with Crippen LogP contribution < -0.4 is 15.6 Å². The Bertz CT molecular complexity index is 542. The molecule has 5 nitrogen and oxygen atoms in total. The van der Waals surface area contributed by atoms with Crippen molar-refractivity contribution in [3.63, 3.8) is 0 Å². The molecule has 0 atom stereocenters. The molecular formula is C12H14N3O2+. The quantitative estimate of drug-likeness (QED) is 0.449. The maximum Gasteiger partial charge on any atom is 0.431 e. The van der Waals surface area contributed by atoms with Crippen molar-refractivity contribution in [2.45, 2.75) is 6.54 Å². The highest BCUT2D eigenvalue weighted by atomic mass is 16.5. The SMILES string of the molecule is C=CCNCc1c(=O)o[nH][n+]1-c1ccccc1. The van der Waals surface area contributed by atoms with E-state index in [-0.39, 0.29) is 5.63 Å². The fraction of sp³-hybridized carbons (Fsp3) is 0.167. The molecule has 0 spiro atoms. The first kappa shape index (κ1) is 11.3. The first-order valence-corrected chi connectivity index (χ1v) is 5.32. The van der Waals surface area contributed by atoms with Crippen LogP contribution in [0, 0.1) is 0 Å². The van der Waals surface area contributed by atoms with Gasteiger partial charge in [-0.05, 0) is 9.95 Å². The van der Waals surface area contributed by atoms with Crippen LogP contribution in [0.25, 0.3) is 5.69 Å². The Labute approximate surface area is 98.3 Å². The number of hydrogen-bond donors (Lipinski definition) is 2. The van der Waals surface area contributed by atoms with Gasteiger partial charge >= 0.3 is 11.3 Å². The van der Waals surface area contributed by atoms with Crippen molar-refractivity contribution in [2.24, 2.45) is 0 Å². The summed E-state index contributed by atoms with van der Waals surface area (Å²) in [6.07, 6.45) is 1.74. The number of nitrogens with zero attached hydrogens (tertiary/aromatic N) is 1. The van der Waals surface area contributed by atoms with Crippen molar-refractivity contribution in [2.75, 3.05) is 6.54 Å². The molecule has 1 heterocycles. The zero-order chi connectivity index (χ0) is 12.1. The van der Waals surface area contributed by atoms with Crippen LogP contribution >= 0.6 is 0 Å². The van der Waals surface area contributed by atoms with Gasteiger partial charge in [-0.15, -0.1) is 6.58 Å². The number of H-pyrrole nitrogens is 1. The predicted molar refractivity (Wildman–Crippen MR) is 62.8 cm³/mol. The molecule has 2 N–H and O–H groups in total. The van der Waals surface area contributed by atoms with E-state index in [1.54, 1.807) is 10.8 Å². The maximum absolute atomic E-state index is 11.5. The fourth-order valence-electron chi connectivity index (χ4n) is 1.52. The number of para-hydroxylation sites is 1. The van der Waals surface area contributed by atoms with Gasteiger partial charge in [-0.1, -0.05) is 24.3 Å². The van der Waals surface area contributed by atoms with E-state index < -0.39 is 0 Å². The summed E-state index contributed by atoms with van der Waals surface area (Å²) in [7, 11) is 0. The van der Waals surface area contributed by atoms with Crippen LogP contribution in [0.1, 0.15) is 5.69 Å². The smallest absolute Gasteiger partial charge is 0.304 e. The average molecular weight is 232 g/mol. The maximum atomic E-state index is 11.5. The van der Waals surface area contributed by atoms with Crippen LogP contribution in [0.15, 0.2) is 52.3 Å². The first-order valence-electron chi connectivity index (χ1n) is 5.32. The van der Waals surface area contributed by atoms with Crippen LogP contribution in [-0.4, -0.2) is 11.8 Å². The molecule has 5 heteroatoms. The van der Waals surface area contributed by atoms with Gasteiger partial charge in [0.15, 0.2) is 0 Å². The van der Waals surface area contributed by atoms with E-state index in [2.05, 4.69) is 17.2 Å². The second kappa shape index (κ2) is 5.27. The van der Waals surface area contributed by atoms with Gasteiger partial charge in [-0.3, -0.25) is 4.52 Å². The molecule has 0 aliphatic carbocycles. The van der Waals surface area contributed by atoms with E-state index in [4.69, 9.17) is 4.52 Å². The topological polar surface area (TPSA) is 61.9 Å². The van der Waals surface area contributed by atoms with Crippen molar-refractivity contribution >= 4 is 0 Å². The van der Waals surface area contributed by atoms with Crippen LogP contribution in [-0.2, 0) is 6.54 Å². The minimum Gasteiger partial charge on any atom is -0.304 e. The lowest BCUT2D eigenvalue weighted by atomic mass is 10.3. The Morgan fingerprint density at radius 1 is 1.41 bits per heavy atom. The molecule has 0 amide bonds. The normalized spacial score (nSPS) is 10.4. The third-order valence-corrected chi connectivity index (χ3v) is 2.33. The Morgan fingerprint density at radius 3 is 2.88 bits per heavy atom. The molecule has 17 heavy (non-hydrogen) atoms. The van der Waals surface area contributed by atoms with E-state index in [9.17, 15) is 4.79 Å². The Hall–Kier alpha value is -2.14. The summed E-state index contributed by atoms with van der Waals surface area (Å²) in [5.74, 6) is 0. The van der Waals surface area contributed by atoms with E-state index in [0.717, 1.165) is 5.69 Å². The zero-order valence-electron chi connectivity index (χ0n) is 9.35. The third-order valence-electron chi connectivity index (χ3n) is 2.33. The largest absolute Gasteiger partial charge is 0.431 e. The number of rotatable bonds is 5. The summed E-state index contributed by atoms with van der Waals surface area (Å²) in [5.41, 5.74) is 1.01. The van der Waals surface area contributed by atoms with Gasteiger partial charge in [0, 0.05) is 18.7 Å². The molecule has 0 unspecified atom stereocenters. The van der Waals surface area contributed by atoms with E-state index >= 15 is 0 Å². The van der Waals surface area contributed by atoms with Crippen LogP contribution in [0.2, 0.25) is 0 Å². The molecule has 0 bridgehead atoms. The number of hydrogen-bond acceptors (Lipinski definition) is 3. The summed E-state index contributed by atoms with van der Waals surface area (Å²) in [5, 5.41) is 5.65. The van der Waals surface area contributed by atoms with Crippen molar-refractivity contribution in [3.8, 4) is 5.69 Å². The molecule has 0 fully saturated rings. The molecule has 2 aromatic rings. The Morgan fingerprint density at radius 2 is 2.18 bits per heavy atom. The highest BCUT2D eigenvalue weighted by Crippen LogP contribution is 1.97. The lowest BCUT2D eigenvalue weighted by Crippen LogP contribution is -2.40. The van der Waals surface area contributed by atoms with Crippen molar-refractivity contribution in [3.05, 3.63) is 59.1 Å². The minimum atomic E-state index is -0.370. The molecule has 0 radical (unpaired) electrons. The molecule has 0 aliphatic rings. The van der Waals surface area contributed by atoms with Crippen molar-refractivity contribution in [1.29, 1.82) is 0 Å². The lowest BCUT2D eigenvalue weighted by Gasteiger charge is -1.95. The summed E-state index contributed by atoms with van der Waals surface area (Å²) in [4.78, 5) is 11.5. The highest BCUT2D eigenvalue weighted by Gasteiger charge is 2.21. The summed E-state index contributed by atoms with van der Waals surface area (Å²) in [6.45, 7) is 4.67. The van der Waals surface area contributed by atoms with Gasteiger partial charge < -0.3 is 5.32 Å². The minimum absolute atomic E-state index is 0.370. The van der Waals surface area contributed by atoms with Crippen LogP contribution in [0.5, 0.6) is 0 Å². The first-order chi connectivity index (χ1) is 8.33. The number of nitrogens with one attached hydrogen (secondary N) is 2. The molecule has 2 rings (SSSR count). The lowest BCUT2D eigenvalue weighted by molar-refractivity contribution is -0.677. The third kappa shape index (κ3) is 2.51. The number of aromatic amines is 1. The molecule has 0 aliphatic heterocycles. The highest BCUT2D eigenvalue weighted by molar-refractivity contribution is 5.21. The average Bonchev–Trinajstić information content (AvgIpc) is 2.73. The standard InChI is InChI=1S/C12H13N3O2/c1-2-8-13-9-11-12(16)17-14-15(11)10-6-4-3-5-7-10/h2-7,13H,1,8-9H2/p+1. The van der Waals surface area contributed by atoms with Gasteiger partial charge in [-0.2, -0.15) is 0 Å². The van der Waals surface area contributed by atoms with Crippen molar-refractivity contribution < 1.29 is 9.20 Å². The second-order valence-electron chi connectivity index (χ2n) is 3.52. The van der Waals surface area contributed by atoms with Gasteiger partial charge in [0.1, 0.15) is 0 Å².